The Labute approximate surface area is 148 Å². The minimum atomic E-state index is -0.331. The van der Waals surface area contributed by atoms with Crippen LogP contribution in [0.4, 0.5) is 0 Å². The molecule has 120 valence electrons. The first-order valence-electron chi connectivity index (χ1n) is 6.92. The lowest BCUT2D eigenvalue weighted by molar-refractivity contribution is -0.123. The molecule has 23 heavy (non-hydrogen) atoms. The van der Waals surface area contributed by atoms with Crippen LogP contribution in [0.2, 0.25) is 5.02 Å². The number of amides is 1. The number of benzene rings is 2. The van der Waals surface area contributed by atoms with Crippen LogP contribution in [0.15, 0.2) is 46.0 Å². The van der Waals surface area contributed by atoms with Crippen LogP contribution in [0.5, 0.6) is 5.75 Å². The summed E-state index contributed by atoms with van der Waals surface area (Å²) in [7, 11) is 0. The Balaban J connectivity index is 1.87. The number of hydrazone groups is 1. The van der Waals surface area contributed by atoms with E-state index in [4.69, 9.17) is 16.3 Å². The Bertz CT molecular complexity index is 707. The number of nitrogens with zero attached hydrogens (tertiary/aromatic N) is 1. The fourth-order valence-corrected chi connectivity index (χ4v) is 2.90. The second kappa shape index (κ2) is 8.13. The van der Waals surface area contributed by atoms with Crippen molar-refractivity contribution in [2.24, 2.45) is 5.10 Å². The molecule has 0 bridgehead atoms. The van der Waals surface area contributed by atoms with Gasteiger partial charge in [0.25, 0.3) is 5.91 Å². The van der Waals surface area contributed by atoms with Gasteiger partial charge in [0.05, 0.1) is 10.7 Å². The van der Waals surface area contributed by atoms with Crippen LogP contribution in [0, 0.1) is 13.8 Å². The summed E-state index contributed by atoms with van der Waals surface area (Å²) in [6.45, 7) is 3.82. The molecule has 0 aliphatic heterocycles. The number of carbonyl (C=O) groups is 1. The number of aryl methyl sites for hydroxylation is 2. The molecule has 2 rings (SSSR count). The minimum Gasteiger partial charge on any atom is -0.482 e. The van der Waals surface area contributed by atoms with E-state index in [1.807, 2.05) is 26.0 Å². The molecule has 2 aromatic carbocycles. The number of ether oxygens (including phenoxy) is 1. The quantitative estimate of drug-likeness (QED) is 0.608. The highest BCUT2D eigenvalue weighted by Gasteiger charge is 2.08. The van der Waals surface area contributed by atoms with E-state index in [1.54, 1.807) is 30.5 Å². The zero-order valence-corrected chi connectivity index (χ0v) is 15.1. The molecule has 0 saturated heterocycles. The van der Waals surface area contributed by atoms with Crippen LogP contribution in [0.25, 0.3) is 0 Å². The second-order valence-corrected chi connectivity index (χ2v) is 6.32. The van der Waals surface area contributed by atoms with Crippen molar-refractivity contribution >= 4 is 39.7 Å². The van der Waals surface area contributed by atoms with Gasteiger partial charge in [0.15, 0.2) is 6.61 Å². The van der Waals surface area contributed by atoms with E-state index in [9.17, 15) is 4.79 Å². The Morgan fingerprint density at radius 3 is 2.65 bits per heavy atom. The van der Waals surface area contributed by atoms with Gasteiger partial charge in [0.2, 0.25) is 0 Å². The van der Waals surface area contributed by atoms with Crippen LogP contribution >= 0.6 is 27.5 Å². The standard InChI is InChI=1S/C17H16BrClN2O2/c1-11-7-12(2)17(15(18)8-11)23-10-16(22)21-20-9-13-3-5-14(19)6-4-13/h3-9H,10H2,1-2H3,(H,21,22). The van der Waals surface area contributed by atoms with Crippen molar-refractivity contribution in [3.05, 3.63) is 62.6 Å². The SMILES string of the molecule is Cc1cc(C)c(OCC(=O)NN=Cc2ccc(Cl)cc2)c(Br)c1. The summed E-state index contributed by atoms with van der Waals surface area (Å²) in [5, 5.41) is 4.53. The fourth-order valence-electron chi connectivity index (χ4n) is 1.98. The highest BCUT2D eigenvalue weighted by Crippen LogP contribution is 2.30. The average Bonchev–Trinajstić information content (AvgIpc) is 2.48. The summed E-state index contributed by atoms with van der Waals surface area (Å²) < 4.78 is 6.38. The average molecular weight is 396 g/mol. The number of hydrogen-bond donors (Lipinski definition) is 1. The third-order valence-corrected chi connectivity index (χ3v) is 3.84. The van der Waals surface area contributed by atoms with Crippen LogP contribution < -0.4 is 10.2 Å². The molecule has 0 spiro atoms. The number of hydrogen-bond acceptors (Lipinski definition) is 3. The first kappa shape index (κ1) is 17.5. The summed E-state index contributed by atoms with van der Waals surface area (Å²) in [4.78, 5) is 11.8. The van der Waals surface area contributed by atoms with Crippen molar-refractivity contribution in [1.29, 1.82) is 0 Å². The molecule has 0 aliphatic rings. The zero-order valence-electron chi connectivity index (χ0n) is 12.8. The van der Waals surface area contributed by atoms with E-state index in [2.05, 4.69) is 26.5 Å². The Morgan fingerprint density at radius 2 is 2.00 bits per heavy atom. The van der Waals surface area contributed by atoms with E-state index in [-0.39, 0.29) is 12.5 Å². The predicted octanol–water partition coefficient (Wildman–Crippen LogP) is 4.25. The van der Waals surface area contributed by atoms with Gasteiger partial charge in [-0.2, -0.15) is 5.10 Å². The third kappa shape index (κ3) is 5.37. The Morgan fingerprint density at radius 1 is 1.30 bits per heavy atom. The van der Waals surface area contributed by atoms with E-state index < -0.39 is 0 Å². The zero-order chi connectivity index (χ0) is 16.8. The van der Waals surface area contributed by atoms with Crippen molar-refractivity contribution in [3.63, 3.8) is 0 Å². The molecule has 1 N–H and O–H groups in total. The summed E-state index contributed by atoms with van der Waals surface area (Å²) in [6, 6.07) is 11.1. The summed E-state index contributed by atoms with van der Waals surface area (Å²) >= 11 is 9.24. The fraction of sp³-hybridized carbons (Fsp3) is 0.176. The molecular weight excluding hydrogens is 380 g/mol. The van der Waals surface area contributed by atoms with E-state index in [1.165, 1.54) is 0 Å². The van der Waals surface area contributed by atoms with Gasteiger partial charge in [-0.15, -0.1) is 0 Å². The molecule has 6 heteroatoms. The lowest BCUT2D eigenvalue weighted by Crippen LogP contribution is -2.24. The molecule has 0 heterocycles. The van der Waals surface area contributed by atoms with Gasteiger partial charge in [0.1, 0.15) is 5.75 Å². The normalized spacial score (nSPS) is 10.8. The Kier molecular flexibility index (Phi) is 6.19. The monoisotopic (exact) mass is 394 g/mol. The number of halogens is 2. The molecule has 0 aliphatic carbocycles. The first-order valence-corrected chi connectivity index (χ1v) is 8.10. The van der Waals surface area contributed by atoms with Gasteiger partial charge >= 0.3 is 0 Å². The van der Waals surface area contributed by atoms with Crippen molar-refractivity contribution in [2.45, 2.75) is 13.8 Å². The van der Waals surface area contributed by atoms with Gasteiger partial charge in [0, 0.05) is 5.02 Å². The van der Waals surface area contributed by atoms with Crippen LogP contribution in [-0.4, -0.2) is 18.7 Å². The van der Waals surface area contributed by atoms with Crippen molar-refractivity contribution in [2.75, 3.05) is 6.61 Å². The summed E-state index contributed by atoms with van der Waals surface area (Å²) in [5.74, 6) is 0.328. The maximum Gasteiger partial charge on any atom is 0.277 e. The molecule has 0 unspecified atom stereocenters. The van der Waals surface area contributed by atoms with Gasteiger partial charge in [-0.25, -0.2) is 5.43 Å². The molecule has 0 atom stereocenters. The predicted molar refractivity (Wildman–Crippen MR) is 96.3 cm³/mol. The molecule has 0 radical (unpaired) electrons. The minimum absolute atomic E-state index is 0.111. The maximum atomic E-state index is 11.8. The lowest BCUT2D eigenvalue weighted by Gasteiger charge is -2.11. The van der Waals surface area contributed by atoms with Crippen molar-refractivity contribution in [1.82, 2.24) is 5.43 Å². The molecule has 1 amide bonds. The van der Waals surface area contributed by atoms with Gasteiger partial charge in [-0.3, -0.25) is 4.79 Å². The van der Waals surface area contributed by atoms with Crippen LogP contribution in [0.3, 0.4) is 0 Å². The highest BCUT2D eigenvalue weighted by atomic mass is 79.9. The van der Waals surface area contributed by atoms with Gasteiger partial charge < -0.3 is 4.74 Å². The van der Waals surface area contributed by atoms with Gasteiger partial charge in [-0.05, 0) is 64.7 Å². The summed E-state index contributed by atoms with van der Waals surface area (Å²) in [6.07, 6.45) is 1.54. The Hall–Kier alpha value is -1.85. The van der Waals surface area contributed by atoms with E-state index in [0.29, 0.717) is 10.8 Å². The van der Waals surface area contributed by atoms with Crippen LogP contribution in [-0.2, 0) is 4.79 Å². The topological polar surface area (TPSA) is 50.7 Å². The first-order chi connectivity index (χ1) is 11.0. The lowest BCUT2D eigenvalue weighted by atomic mass is 10.1. The molecule has 0 fully saturated rings. The summed E-state index contributed by atoms with van der Waals surface area (Å²) in [5.41, 5.74) is 5.35. The van der Waals surface area contributed by atoms with E-state index >= 15 is 0 Å². The largest absolute Gasteiger partial charge is 0.482 e. The van der Waals surface area contributed by atoms with Gasteiger partial charge in [-0.1, -0.05) is 29.8 Å². The molecular formula is C17H16BrClN2O2. The third-order valence-electron chi connectivity index (χ3n) is 2.99. The highest BCUT2D eigenvalue weighted by molar-refractivity contribution is 9.10. The second-order valence-electron chi connectivity index (χ2n) is 5.03. The molecule has 0 saturated carbocycles. The maximum absolute atomic E-state index is 11.8. The van der Waals surface area contributed by atoms with Crippen molar-refractivity contribution in [3.8, 4) is 5.75 Å². The smallest absolute Gasteiger partial charge is 0.277 e. The molecule has 0 aromatic heterocycles. The van der Waals surface area contributed by atoms with Crippen LogP contribution in [0.1, 0.15) is 16.7 Å². The van der Waals surface area contributed by atoms with Crippen molar-refractivity contribution < 1.29 is 9.53 Å². The number of nitrogens with one attached hydrogen (secondary N) is 1. The number of rotatable bonds is 5. The number of carbonyl (C=O) groups excluding carboxylic acids is 1. The molecule has 2 aromatic rings. The molecule has 4 nitrogen and oxygen atoms in total. The van der Waals surface area contributed by atoms with E-state index in [0.717, 1.165) is 21.2 Å².